The Morgan fingerprint density at radius 3 is 2.71 bits per heavy atom. The number of ether oxygens (including phenoxy) is 1. The number of carbonyl (C=O) groups excluding carboxylic acids is 2. The van der Waals surface area contributed by atoms with Crippen LogP contribution in [0.2, 0.25) is 0 Å². The zero-order valence-corrected chi connectivity index (χ0v) is 14.2. The number of rotatable bonds is 0. The standard InChI is InChI=1S/C20H23FO3/c1-9-8-10-11-4-5-13(22)19(11,2)7-6-12(10)20(3)14(9)15(21)16(23)17-18(20)24-17/h10-12,17-18H,1,4-8H2,2-3H3/t10-,11-,12+,17?,18?,19-,20+/m0/s1. The van der Waals surface area contributed by atoms with Crippen molar-refractivity contribution in [2.75, 3.05) is 0 Å². The average molecular weight is 330 g/mol. The first-order valence-electron chi connectivity index (χ1n) is 9.11. The summed E-state index contributed by atoms with van der Waals surface area (Å²) in [6, 6.07) is 0. The minimum Gasteiger partial charge on any atom is -0.360 e. The maximum absolute atomic E-state index is 14.8. The molecule has 24 heavy (non-hydrogen) atoms. The minimum atomic E-state index is -0.615. The minimum absolute atomic E-state index is 0.203. The van der Waals surface area contributed by atoms with E-state index in [1.54, 1.807) is 0 Å². The van der Waals surface area contributed by atoms with Crippen LogP contribution < -0.4 is 0 Å². The molecule has 0 aromatic carbocycles. The zero-order chi connectivity index (χ0) is 17.0. The van der Waals surface area contributed by atoms with Gasteiger partial charge in [-0.2, -0.15) is 0 Å². The molecule has 0 aromatic rings. The van der Waals surface area contributed by atoms with Crippen molar-refractivity contribution in [1.29, 1.82) is 0 Å². The molecule has 5 rings (SSSR count). The number of fused-ring (bicyclic) bond motifs is 7. The molecule has 3 saturated carbocycles. The predicted octanol–water partition coefficient (Wildman–Crippen LogP) is 3.54. The summed E-state index contributed by atoms with van der Waals surface area (Å²) < 4.78 is 20.4. The second-order valence-corrected chi connectivity index (χ2v) is 8.92. The summed E-state index contributed by atoms with van der Waals surface area (Å²) in [5, 5.41) is 0. The van der Waals surface area contributed by atoms with Crippen LogP contribution in [-0.2, 0) is 14.3 Å². The molecule has 1 aliphatic heterocycles. The molecule has 1 heterocycles. The lowest BCUT2D eigenvalue weighted by atomic mass is 9.46. The summed E-state index contributed by atoms with van der Waals surface area (Å²) in [4.78, 5) is 24.6. The summed E-state index contributed by atoms with van der Waals surface area (Å²) in [5.41, 5.74) is 0.601. The van der Waals surface area contributed by atoms with E-state index in [-0.39, 0.29) is 17.4 Å². The second-order valence-electron chi connectivity index (χ2n) is 8.92. The lowest BCUT2D eigenvalue weighted by molar-refractivity contribution is -0.132. The molecule has 128 valence electrons. The van der Waals surface area contributed by atoms with Gasteiger partial charge in [0.2, 0.25) is 5.78 Å². The van der Waals surface area contributed by atoms with Gasteiger partial charge in [0.05, 0.1) is 0 Å². The van der Waals surface area contributed by atoms with Crippen LogP contribution in [0.25, 0.3) is 0 Å². The first-order valence-corrected chi connectivity index (χ1v) is 9.11. The molecule has 4 fully saturated rings. The summed E-state index contributed by atoms with van der Waals surface area (Å²) in [5.74, 6) is 0.266. The van der Waals surface area contributed by atoms with Gasteiger partial charge in [-0.05, 0) is 49.0 Å². The van der Waals surface area contributed by atoms with Gasteiger partial charge in [-0.1, -0.05) is 20.4 Å². The van der Waals surface area contributed by atoms with Crippen LogP contribution in [0, 0.1) is 28.6 Å². The third-order valence-corrected chi connectivity index (χ3v) is 8.07. The van der Waals surface area contributed by atoms with E-state index in [4.69, 9.17) is 4.74 Å². The van der Waals surface area contributed by atoms with Crippen LogP contribution in [0.15, 0.2) is 23.6 Å². The van der Waals surface area contributed by atoms with E-state index in [1.807, 2.05) is 0 Å². The van der Waals surface area contributed by atoms with Gasteiger partial charge < -0.3 is 4.74 Å². The molecule has 4 aliphatic carbocycles. The third kappa shape index (κ3) is 1.48. The van der Waals surface area contributed by atoms with E-state index < -0.39 is 23.1 Å². The largest absolute Gasteiger partial charge is 0.360 e. The van der Waals surface area contributed by atoms with Crippen molar-refractivity contribution < 1.29 is 18.7 Å². The smallest absolute Gasteiger partial charge is 0.222 e. The molecular weight excluding hydrogens is 307 g/mol. The van der Waals surface area contributed by atoms with Gasteiger partial charge in [0.1, 0.15) is 11.9 Å². The van der Waals surface area contributed by atoms with Gasteiger partial charge in [0.15, 0.2) is 11.9 Å². The number of carbonyl (C=O) groups is 2. The molecule has 5 aliphatic rings. The Morgan fingerprint density at radius 1 is 1.21 bits per heavy atom. The Labute approximate surface area is 141 Å². The van der Waals surface area contributed by atoms with Gasteiger partial charge >= 0.3 is 0 Å². The van der Waals surface area contributed by atoms with Crippen molar-refractivity contribution in [2.45, 2.75) is 58.2 Å². The summed E-state index contributed by atoms with van der Waals surface area (Å²) in [7, 11) is 0. The molecule has 3 nitrogen and oxygen atoms in total. The third-order valence-electron chi connectivity index (χ3n) is 8.07. The molecule has 0 bridgehead atoms. The van der Waals surface area contributed by atoms with Crippen LogP contribution in [0.3, 0.4) is 0 Å². The first-order chi connectivity index (χ1) is 11.3. The second kappa shape index (κ2) is 4.27. The molecule has 0 radical (unpaired) electrons. The molecule has 7 atom stereocenters. The van der Waals surface area contributed by atoms with E-state index in [9.17, 15) is 14.0 Å². The van der Waals surface area contributed by atoms with Gasteiger partial charge in [-0.3, -0.25) is 9.59 Å². The topological polar surface area (TPSA) is 46.7 Å². The van der Waals surface area contributed by atoms with E-state index in [0.29, 0.717) is 36.0 Å². The van der Waals surface area contributed by atoms with Crippen molar-refractivity contribution in [3.05, 3.63) is 23.6 Å². The average Bonchev–Trinajstić information content (AvgIpc) is 3.27. The maximum atomic E-state index is 14.8. The lowest BCUT2D eigenvalue weighted by Crippen LogP contribution is -2.54. The van der Waals surface area contributed by atoms with Crippen molar-refractivity contribution in [3.8, 4) is 0 Å². The highest BCUT2D eigenvalue weighted by molar-refractivity contribution is 6.02. The van der Waals surface area contributed by atoms with Crippen molar-refractivity contribution in [2.24, 2.45) is 28.6 Å². The molecule has 0 N–H and O–H groups in total. The number of allylic oxidation sites excluding steroid dienone is 1. The summed E-state index contributed by atoms with van der Waals surface area (Å²) in [6.07, 6.45) is 3.31. The Kier molecular flexibility index (Phi) is 2.67. The molecule has 0 aromatic heterocycles. The number of epoxide rings is 1. The fourth-order valence-electron chi connectivity index (χ4n) is 6.80. The molecule has 1 saturated heterocycles. The Morgan fingerprint density at radius 2 is 1.96 bits per heavy atom. The van der Waals surface area contributed by atoms with Gasteiger partial charge in [-0.15, -0.1) is 0 Å². The maximum Gasteiger partial charge on any atom is 0.222 e. The van der Waals surface area contributed by atoms with Gasteiger partial charge in [0, 0.05) is 22.8 Å². The fraction of sp³-hybridized carbons (Fsp3) is 0.700. The molecular formula is C20H23FO3. The van der Waals surface area contributed by atoms with Crippen LogP contribution >= 0.6 is 0 Å². The highest BCUT2D eigenvalue weighted by Gasteiger charge is 2.70. The Hall–Kier alpha value is -1.29. The molecule has 0 amide bonds. The molecule has 2 unspecified atom stereocenters. The zero-order valence-electron chi connectivity index (χ0n) is 14.2. The highest BCUT2D eigenvalue weighted by atomic mass is 19.1. The summed E-state index contributed by atoms with van der Waals surface area (Å²) in [6.45, 7) is 8.33. The fourth-order valence-corrected chi connectivity index (χ4v) is 6.80. The number of halogens is 1. The van der Waals surface area contributed by atoms with E-state index in [0.717, 1.165) is 24.8 Å². The number of ketones is 2. The highest BCUT2D eigenvalue weighted by Crippen LogP contribution is 2.68. The van der Waals surface area contributed by atoms with Gasteiger partial charge in [0.25, 0.3) is 0 Å². The van der Waals surface area contributed by atoms with Crippen molar-refractivity contribution in [3.63, 3.8) is 0 Å². The quantitative estimate of drug-likeness (QED) is 0.638. The van der Waals surface area contributed by atoms with E-state index >= 15 is 0 Å². The van der Waals surface area contributed by atoms with E-state index in [1.165, 1.54) is 0 Å². The van der Waals surface area contributed by atoms with Crippen molar-refractivity contribution in [1.82, 2.24) is 0 Å². The Bertz CT molecular complexity index is 737. The normalized spacial score (nSPS) is 52.6. The molecule has 0 spiro atoms. The monoisotopic (exact) mass is 330 g/mol. The predicted molar refractivity (Wildman–Crippen MR) is 85.7 cm³/mol. The SMILES string of the molecule is C=C1C[C@@H]2[C@@H](CC[C@]3(C)C(=O)CC[C@@H]23)[C@]2(C)C1=C(F)C(=O)C1OC12. The first kappa shape index (κ1) is 15.0. The van der Waals surface area contributed by atoms with Crippen molar-refractivity contribution >= 4 is 11.6 Å². The van der Waals surface area contributed by atoms with Crippen LogP contribution in [-0.4, -0.2) is 23.8 Å². The number of hydrogen-bond acceptors (Lipinski definition) is 3. The number of hydrogen-bond donors (Lipinski definition) is 0. The molecule has 4 heteroatoms. The van der Waals surface area contributed by atoms with Crippen LogP contribution in [0.1, 0.15) is 46.0 Å². The number of Topliss-reactive ketones (excluding diaryl/α,β-unsaturated/α-hetero) is 2. The lowest BCUT2D eigenvalue weighted by Gasteiger charge is -2.56. The van der Waals surface area contributed by atoms with E-state index in [2.05, 4.69) is 20.4 Å². The van der Waals surface area contributed by atoms with Crippen LogP contribution in [0.4, 0.5) is 4.39 Å². The summed E-state index contributed by atoms with van der Waals surface area (Å²) >= 11 is 0. The Balaban J connectivity index is 1.63. The van der Waals surface area contributed by atoms with Crippen LogP contribution in [0.5, 0.6) is 0 Å². The van der Waals surface area contributed by atoms with Gasteiger partial charge in [-0.25, -0.2) is 4.39 Å².